The fourth-order valence-electron chi connectivity index (χ4n) is 2.70. The summed E-state index contributed by atoms with van der Waals surface area (Å²) in [5.74, 6) is -2.26. The van der Waals surface area contributed by atoms with Gasteiger partial charge in [-0.1, -0.05) is 42.5 Å². The van der Waals surface area contributed by atoms with Crippen molar-refractivity contribution < 1.29 is 24.6 Å². The molecule has 3 atom stereocenters. The van der Waals surface area contributed by atoms with E-state index in [1.165, 1.54) is 19.1 Å². The van der Waals surface area contributed by atoms with E-state index < -0.39 is 35.9 Å². The van der Waals surface area contributed by atoms with Crippen molar-refractivity contribution >= 4 is 17.8 Å². The third kappa shape index (κ3) is 6.93. The quantitative estimate of drug-likeness (QED) is 0.418. The van der Waals surface area contributed by atoms with Crippen LogP contribution in [-0.2, 0) is 27.2 Å². The molecule has 2 aromatic rings. The van der Waals surface area contributed by atoms with Crippen molar-refractivity contribution in [1.29, 1.82) is 0 Å². The number of phenols is 1. The number of benzene rings is 2. The lowest BCUT2D eigenvalue weighted by molar-refractivity contribution is -0.142. The maximum Gasteiger partial charge on any atom is 0.326 e. The molecule has 0 saturated carbocycles. The predicted octanol–water partition coefficient (Wildman–Crippen LogP) is 0.579. The minimum atomic E-state index is -1.18. The van der Waals surface area contributed by atoms with Gasteiger partial charge in [0.05, 0.1) is 6.04 Å². The summed E-state index contributed by atoms with van der Waals surface area (Å²) in [6.07, 6.45) is 0.220. The van der Waals surface area contributed by atoms with Crippen LogP contribution in [0.2, 0.25) is 0 Å². The second-order valence-electron chi connectivity index (χ2n) is 6.81. The van der Waals surface area contributed by atoms with Crippen LogP contribution >= 0.6 is 0 Å². The zero-order valence-electron chi connectivity index (χ0n) is 16.0. The zero-order chi connectivity index (χ0) is 21.4. The molecule has 8 nitrogen and oxygen atoms in total. The predicted molar refractivity (Wildman–Crippen MR) is 107 cm³/mol. The molecular weight excluding hydrogens is 374 g/mol. The Labute approximate surface area is 168 Å². The third-order valence-corrected chi connectivity index (χ3v) is 4.32. The first-order valence-corrected chi connectivity index (χ1v) is 9.17. The molecule has 2 amide bonds. The molecule has 6 N–H and O–H groups in total. The van der Waals surface area contributed by atoms with Crippen molar-refractivity contribution in [3.8, 4) is 5.75 Å². The molecule has 0 aromatic heterocycles. The minimum Gasteiger partial charge on any atom is -0.508 e. The molecule has 0 radical (unpaired) electrons. The number of aliphatic carboxylic acids is 1. The van der Waals surface area contributed by atoms with E-state index in [2.05, 4.69) is 10.6 Å². The highest BCUT2D eigenvalue weighted by Gasteiger charge is 2.27. The smallest absolute Gasteiger partial charge is 0.326 e. The SMILES string of the molecule is CC(N)C(=O)NC(Cc1ccc(O)cc1)C(=O)NC(Cc1ccccc1)C(=O)O. The Balaban J connectivity index is 2.15. The van der Waals surface area contributed by atoms with Crippen molar-refractivity contribution in [2.24, 2.45) is 5.73 Å². The molecule has 0 bridgehead atoms. The summed E-state index contributed by atoms with van der Waals surface area (Å²) in [5, 5.41) is 24.0. The van der Waals surface area contributed by atoms with E-state index in [0.29, 0.717) is 5.56 Å². The van der Waals surface area contributed by atoms with E-state index in [1.54, 1.807) is 36.4 Å². The van der Waals surface area contributed by atoms with Crippen LogP contribution in [0.5, 0.6) is 5.75 Å². The molecule has 0 aliphatic heterocycles. The number of amides is 2. The third-order valence-electron chi connectivity index (χ3n) is 4.32. The molecular formula is C21H25N3O5. The van der Waals surface area contributed by atoms with Crippen molar-refractivity contribution in [3.63, 3.8) is 0 Å². The van der Waals surface area contributed by atoms with Crippen LogP contribution in [0.1, 0.15) is 18.1 Å². The Kier molecular flexibility index (Phi) is 7.73. The van der Waals surface area contributed by atoms with Crippen LogP contribution < -0.4 is 16.4 Å². The van der Waals surface area contributed by atoms with Gasteiger partial charge in [0.1, 0.15) is 17.8 Å². The Bertz CT molecular complexity index is 837. The number of carboxylic acids is 1. The zero-order valence-corrected chi connectivity index (χ0v) is 16.0. The lowest BCUT2D eigenvalue weighted by Gasteiger charge is -2.22. The van der Waals surface area contributed by atoms with Crippen LogP contribution in [0.15, 0.2) is 54.6 Å². The first-order valence-electron chi connectivity index (χ1n) is 9.17. The average molecular weight is 399 g/mol. The monoisotopic (exact) mass is 399 g/mol. The standard InChI is InChI=1S/C21H25N3O5/c1-13(22)19(26)23-17(11-15-7-9-16(25)10-8-15)20(27)24-18(21(28)29)12-14-5-3-2-4-6-14/h2-10,13,17-18,25H,11-12,22H2,1H3,(H,23,26)(H,24,27)(H,28,29). The minimum absolute atomic E-state index is 0.0724. The van der Waals surface area contributed by atoms with Crippen LogP contribution in [0.25, 0.3) is 0 Å². The van der Waals surface area contributed by atoms with E-state index in [0.717, 1.165) is 5.56 Å². The van der Waals surface area contributed by atoms with E-state index in [9.17, 15) is 24.6 Å². The second-order valence-corrected chi connectivity index (χ2v) is 6.81. The van der Waals surface area contributed by atoms with E-state index in [4.69, 9.17) is 5.73 Å². The summed E-state index contributed by atoms with van der Waals surface area (Å²) in [5.41, 5.74) is 7.02. The lowest BCUT2D eigenvalue weighted by atomic mass is 10.0. The molecule has 0 aliphatic carbocycles. The van der Waals surface area contributed by atoms with Crippen molar-refractivity contribution in [3.05, 3.63) is 65.7 Å². The van der Waals surface area contributed by atoms with Crippen molar-refractivity contribution in [2.75, 3.05) is 0 Å². The number of aromatic hydroxyl groups is 1. The lowest BCUT2D eigenvalue weighted by Crippen LogP contribution is -2.55. The molecule has 0 aliphatic rings. The summed E-state index contributed by atoms with van der Waals surface area (Å²) in [7, 11) is 0. The first-order chi connectivity index (χ1) is 13.8. The number of rotatable bonds is 9. The van der Waals surface area contributed by atoms with Crippen molar-refractivity contribution in [2.45, 2.75) is 37.9 Å². The van der Waals surface area contributed by atoms with E-state index >= 15 is 0 Å². The molecule has 8 heteroatoms. The van der Waals surface area contributed by atoms with Gasteiger partial charge in [-0.3, -0.25) is 9.59 Å². The van der Waals surface area contributed by atoms with E-state index in [-0.39, 0.29) is 18.6 Å². The Hall–Kier alpha value is -3.39. The number of nitrogens with one attached hydrogen (secondary N) is 2. The largest absolute Gasteiger partial charge is 0.508 e. The summed E-state index contributed by atoms with van der Waals surface area (Å²) in [4.78, 5) is 36.5. The van der Waals surface area contributed by atoms with Gasteiger partial charge >= 0.3 is 5.97 Å². The second kappa shape index (κ2) is 10.2. The van der Waals surface area contributed by atoms with Gasteiger partial charge in [-0.05, 0) is 30.2 Å². The van der Waals surface area contributed by atoms with Gasteiger partial charge in [-0.25, -0.2) is 4.79 Å². The highest BCUT2D eigenvalue weighted by molar-refractivity contribution is 5.91. The number of hydrogen-bond donors (Lipinski definition) is 5. The van der Waals surface area contributed by atoms with Gasteiger partial charge in [0, 0.05) is 12.8 Å². The average Bonchev–Trinajstić information content (AvgIpc) is 2.69. The van der Waals surface area contributed by atoms with Crippen molar-refractivity contribution in [1.82, 2.24) is 10.6 Å². The molecule has 2 rings (SSSR count). The normalized spacial score (nSPS) is 13.7. The fourth-order valence-corrected chi connectivity index (χ4v) is 2.70. The maximum absolute atomic E-state index is 12.8. The number of carbonyl (C=O) groups is 3. The molecule has 29 heavy (non-hydrogen) atoms. The number of phenolic OH excluding ortho intramolecular Hbond substituents is 1. The Morgan fingerprint density at radius 2 is 1.38 bits per heavy atom. The number of carboxylic acid groups (broad SMARTS) is 1. The van der Waals surface area contributed by atoms with Crippen LogP contribution in [-0.4, -0.2) is 46.1 Å². The van der Waals surface area contributed by atoms with Gasteiger partial charge in [-0.2, -0.15) is 0 Å². The van der Waals surface area contributed by atoms with Gasteiger partial charge in [0.25, 0.3) is 0 Å². The highest BCUT2D eigenvalue weighted by atomic mass is 16.4. The summed E-state index contributed by atoms with van der Waals surface area (Å²) < 4.78 is 0. The molecule has 0 spiro atoms. The first kappa shape index (κ1) is 21.9. The summed E-state index contributed by atoms with van der Waals surface area (Å²) in [6.45, 7) is 1.49. The molecule has 154 valence electrons. The van der Waals surface area contributed by atoms with Gasteiger partial charge in [0.2, 0.25) is 11.8 Å². The van der Waals surface area contributed by atoms with Gasteiger partial charge in [0.15, 0.2) is 0 Å². The molecule has 0 saturated heterocycles. The van der Waals surface area contributed by atoms with Gasteiger partial charge < -0.3 is 26.6 Å². The number of nitrogens with two attached hydrogens (primary N) is 1. The fraction of sp³-hybridized carbons (Fsp3) is 0.286. The topological polar surface area (TPSA) is 142 Å². The van der Waals surface area contributed by atoms with E-state index in [1.807, 2.05) is 6.07 Å². The molecule has 0 fully saturated rings. The number of carbonyl (C=O) groups excluding carboxylic acids is 2. The Morgan fingerprint density at radius 3 is 1.93 bits per heavy atom. The summed E-state index contributed by atoms with van der Waals surface area (Å²) in [6, 6.07) is 12.1. The van der Waals surface area contributed by atoms with Crippen LogP contribution in [0.4, 0.5) is 0 Å². The number of hydrogen-bond acceptors (Lipinski definition) is 5. The maximum atomic E-state index is 12.8. The van der Waals surface area contributed by atoms with Crippen LogP contribution in [0.3, 0.4) is 0 Å². The molecule has 0 heterocycles. The molecule has 2 aromatic carbocycles. The van der Waals surface area contributed by atoms with Gasteiger partial charge in [-0.15, -0.1) is 0 Å². The van der Waals surface area contributed by atoms with Crippen LogP contribution in [0, 0.1) is 0 Å². The highest BCUT2D eigenvalue weighted by Crippen LogP contribution is 2.12. The summed E-state index contributed by atoms with van der Waals surface area (Å²) >= 11 is 0. The molecule has 3 unspecified atom stereocenters. The Morgan fingerprint density at radius 1 is 0.862 bits per heavy atom.